The molecule has 1 fully saturated rings. The SMILES string of the molecule is C=CC(=O)Nc1cccc(NC2=C(OC)C=NC(=Nc3ccc(N4CCN(CCF)CC4)cc3)C(CC)C2)c1. The number of amidine groups is 1. The van der Waals surface area contributed by atoms with Crippen LogP contribution in [0.5, 0.6) is 0 Å². The van der Waals surface area contributed by atoms with E-state index in [-0.39, 0.29) is 18.5 Å². The third-order valence-corrected chi connectivity index (χ3v) is 6.98. The van der Waals surface area contributed by atoms with Crippen molar-refractivity contribution in [2.24, 2.45) is 15.9 Å². The monoisotopic (exact) mass is 532 g/mol. The first-order valence-electron chi connectivity index (χ1n) is 13.4. The molecular weight excluding hydrogens is 495 g/mol. The summed E-state index contributed by atoms with van der Waals surface area (Å²) in [6.07, 6.45) is 4.48. The number of methoxy groups -OCH3 is 1. The Bertz CT molecular complexity index is 1230. The fraction of sp³-hybridized carbons (Fsp3) is 0.367. The number of nitrogens with zero attached hydrogens (tertiary/aromatic N) is 4. The minimum absolute atomic E-state index is 0.0864. The van der Waals surface area contributed by atoms with Crippen LogP contribution in [-0.4, -0.2) is 69.4 Å². The second kappa shape index (κ2) is 13.7. The molecule has 2 aliphatic rings. The zero-order valence-electron chi connectivity index (χ0n) is 22.7. The number of amides is 1. The molecule has 0 aliphatic carbocycles. The molecule has 1 atom stereocenters. The molecule has 9 heteroatoms. The van der Waals surface area contributed by atoms with E-state index in [1.165, 1.54) is 6.08 Å². The van der Waals surface area contributed by atoms with Crippen LogP contribution in [0.3, 0.4) is 0 Å². The maximum absolute atomic E-state index is 12.6. The number of alkyl halides is 1. The lowest BCUT2D eigenvalue weighted by atomic mass is 9.98. The number of piperazine rings is 1. The Morgan fingerprint density at radius 3 is 2.59 bits per heavy atom. The Hall–Kier alpha value is -3.98. The van der Waals surface area contributed by atoms with Gasteiger partial charge in [-0.1, -0.05) is 19.6 Å². The molecule has 0 saturated carbocycles. The highest BCUT2D eigenvalue weighted by molar-refractivity contribution is 5.99. The summed E-state index contributed by atoms with van der Waals surface area (Å²) in [5.74, 6) is 1.22. The van der Waals surface area contributed by atoms with Crippen LogP contribution in [0.25, 0.3) is 0 Å². The average molecular weight is 533 g/mol. The third-order valence-electron chi connectivity index (χ3n) is 6.98. The largest absolute Gasteiger partial charge is 0.493 e. The minimum Gasteiger partial charge on any atom is -0.493 e. The van der Waals surface area contributed by atoms with Gasteiger partial charge in [0.1, 0.15) is 12.5 Å². The lowest BCUT2D eigenvalue weighted by Crippen LogP contribution is -2.47. The van der Waals surface area contributed by atoms with E-state index in [2.05, 4.69) is 46.1 Å². The molecule has 206 valence electrons. The fourth-order valence-corrected chi connectivity index (χ4v) is 4.74. The topological polar surface area (TPSA) is 81.6 Å². The maximum Gasteiger partial charge on any atom is 0.247 e. The van der Waals surface area contributed by atoms with E-state index >= 15 is 0 Å². The number of allylic oxidation sites excluding steroid dienone is 2. The molecule has 2 heterocycles. The molecule has 0 radical (unpaired) electrons. The van der Waals surface area contributed by atoms with E-state index in [4.69, 9.17) is 14.7 Å². The summed E-state index contributed by atoms with van der Waals surface area (Å²) in [7, 11) is 1.63. The van der Waals surface area contributed by atoms with E-state index < -0.39 is 0 Å². The molecule has 4 rings (SSSR count). The molecule has 0 bridgehead atoms. The third kappa shape index (κ3) is 7.54. The zero-order valence-corrected chi connectivity index (χ0v) is 22.7. The molecule has 1 unspecified atom stereocenters. The van der Waals surface area contributed by atoms with Crippen molar-refractivity contribution >= 4 is 40.7 Å². The van der Waals surface area contributed by atoms with Gasteiger partial charge in [-0.2, -0.15) is 0 Å². The quantitative estimate of drug-likeness (QED) is 0.400. The van der Waals surface area contributed by atoms with Gasteiger partial charge in [0.25, 0.3) is 0 Å². The van der Waals surface area contributed by atoms with Gasteiger partial charge in [0.15, 0.2) is 5.76 Å². The second-order valence-corrected chi connectivity index (χ2v) is 9.52. The summed E-state index contributed by atoms with van der Waals surface area (Å²) >= 11 is 0. The molecular formula is C30H37FN6O2. The van der Waals surface area contributed by atoms with E-state index in [1.807, 2.05) is 36.4 Å². The molecule has 8 nitrogen and oxygen atoms in total. The van der Waals surface area contributed by atoms with Crippen LogP contribution in [0.15, 0.2) is 82.6 Å². The van der Waals surface area contributed by atoms with Crippen molar-refractivity contribution in [1.82, 2.24) is 4.90 Å². The lowest BCUT2D eigenvalue weighted by molar-refractivity contribution is -0.111. The van der Waals surface area contributed by atoms with Crippen LogP contribution in [0, 0.1) is 5.92 Å². The van der Waals surface area contributed by atoms with E-state index in [9.17, 15) is 9.18 Å². The van der Waals surface area contributed by atoms with Crippen LogP contribution < -0.4 is 15.5 Å². The Morgan fingerprint density at radius 1 is 1.18 bits per heavy atom. The minimum atomic E-state index is -0.294. The van der Waals surface area contributed by atoms with E-state index in [0.717, 1.165) is 61.2 Å². The number of carbonyl (C=O) groups is 1. The Labute approximate surface area is 230 Å². The van der Waals surface area contributed by atoms with Crippen molar-refractivity contribution in [2.75, 3.05) is 62.0 Å². The number of rotatable bonds is 10. The van der Waals surface area contributed by atoms with E-state index in [0.29, 0.717) is 24.4 Å². The van der Waals surface area contributed by atoms with Gasteiger partial charge in [-0.05, 0) is 55.0 Å². The molecule has 0 aromatic heterocycles. The summed E-state index contributed by atoms with van der Waals surface area (Å²) < 4.78 is 18.3. The van der Waals surface area contributed by atoms with E-state index in [1.54, 1.807) is 13.3 Å². The number of anilines is 3. The van der Waals surface area contributed by atoms with Crippen molar-refractivity contribution in [3.05, 3.63) is 72.6 Å². The molecule has 2 N–H and O–H groups in total. The van der Waals surface area contributed by atoms with Gasteiger partial charge in [-0.3, -0.25) is 9.69 Å². The number of nitrogens with one attached hydrogen (secondary N) is 2. The molecule has 1 amide bonds. The first kappa shape index (κ1) is 28.0. The molecule has 39 heavy (non-hydrogen) atoms. The Balaban J connectivity index is 1.46. The van der Waals surface area contributed by atoms with Gasteiger partial charge in [-0.15, -0.1) is 0 Å². The van der Waals surface area contributed by atoms with Gasteiger partial charge in [0.05, 0.1) is 24.7 Å². The summed E-state index contributed by atoms with van der Waals surface area (Å²) in [4.78, 5) is 25.8. The number of ether oxygens (including phenoxy) is 1. The summed E-state index contributed by atoms with van der Waals surface area (Å²) in [6.45, 7) is 9.38. The molecule has 2 aromatic rings. The second-order valence-electron chi connectivity index (χ2n) is 9.52. The van der Waals surface area contributed by atoms with Crippen LogP contribution in [-0.2, 0) is 9.53 Å². The van der Waals surface area contributed by atoms with Crippen molar-refractivity contribution in [1.29, 1.82) is 0 Å². The normalized spacial score (nSPS) is 19.1. The Morgan fingerprint density at radius 2 is 1.92 bits per heavy atom. The Kier molecular flexibility index (Phi) is 9.85. The number of benzene rings is 2. The number of hydrogen-bond acceptors (Lipinski definition) is 6. The van der Waals surface area contributed by atoms with Crippen molar-refractivity contribution in [3.8, 4) is 0 Å². The average Bonchev–Trinajstić information content (AvgIpc) is 3.12. The van der Waals surface area contributed by atoms with Gasteiger partial charge in [-0.25, -0.2) is 14.4 Å². The summed E-state index contributed by atoms with van der Waals surface area (Å²) in [5, 5.41) is 6.24. The summed E-state index contributed by atoms with van der Waals surface area (Å²) in [5.41, 5.74) is 4.39. The van der Waals surface area contributed by atoms with Gasteiger partial charge in [0.2, 0.25) is 5.91 Å². The first-order valence-corrected chi connectivity index (χ1v) is 13.4. The number of hydrogen-bond donors (Lipinski definition) is 2. The van der Waals surface area contributed by atoms with Crippen LogP contribution in [0.2, 0.25) is 0 Å². The van der Waals surface area contributed by atoms with Crippen LogP contribution >= 0.6 is 0 Å². The maximum atomic E-state index is 12.6. The smallest absolute Gasteiger partial charge is 0.247 e. The lowest BCUT2D eigenvalue weighted by Gasteiger charge is -2.35. The first-order chi connectivity index (χ1) is 19.0. The predicted octanol–water partition coefficient (Wildman–Crippen LogP) is 5.40. The standard InChI is InChI=1S/C30H37FN6O2/c1-4-22-19-27(33-24-7-6-8-25(20-24)34-29(38)5-2)28(39-3)21-32-30(22)35-23-9-11-26(12-10-23)37-17-15-36(14-13-31)16-18-37/h5-12,20-22,33H,2,4,13-19H2,1,3H3,(H,34,38). The van der Waals surface area contributed by atoms with Crippen molar-refractivity contribution < 1.29 is 13.9 Å². The molecule has 1 saturated heterocycles. The molecule has 2 aliphatic heterocycles. The van der Waals surface area contributed by atoms with Gasteiger partial charge >= 0.3 is 0 Å². The highest BCUT2D eigenvalue weighted by Gasteiger charge is 2.22. The number of halogens is 1. The zero-order chi connectivity index (χ0) is 27.6. The van der Waals surface area contributed by atoms with Crippen LogP contribution in [0.1, 0.15) is 19.8 Å². The number of carbonyl (C=O) groups excluding carboxylic acids is 1. The van der Waals surface area contributed by atoms with Crippen molar-refractivity contribution in [3.63, 3.8) is 0 Å². The van der Waals surface area contributed by atoms with Crippen molar-refractivity contribution in [2.45, 2.75) is 19.8 Å². The van der Waals surface area contributed by atoms with Crippen LogP contribution in [0.4, 0.5) is 27.1 Å². The highest BCUT2D eigenvalue weighted by Crippen LogP contribution is 2.29. The molecule has 2 aromatic carbocycles. The highest BCUT2D eigenvalue weighted by atomic mass is 19.1. The molecule has 0 spiro atoms. The number of aliphatic imine (C=N–C) groups is 2. The summed E-state index contributed by atoms with van der Waals surface area (Å²) in [6, 6.07) is 15.7. The predicted molar refractivity (Wildman–Crippen MR) is 158 cm³/mol. The van der Waals surface area contributed by atoms with Gasteiger partial charge in [0, 0.05) is 62.1 Å². The van der Waals surface area contributed by atoms with Gasteiger partial charge < -0.3 is 20.3 Å². The fourth-order valence-electron chi connectivity index (χ4n) is 4.74.